The molecular formula is C4H12NS2+. The fourth-order valence-electron chi connectivity index (χ4n) is 0.288. The van der Waals surface area contributed by atoms with E-state index in [0.29, 0.717) is 6.04 Å². The van der Waals surface area contributed by atoms with Gasteiger partial charge in [-0.1, -0.05) is 0 Å². The summed E-state index contributed by atoms with van der Waals surface area (Å²) in [4.78, 5) is 0. The minimum atomic E-state index is 0.526. The molecule has 0 fully saturated rings. The molecule has 1 atom stereocenters. The summed E-state index contributed by atoms with van der Waals surface area (Å²) in [5.74, 6) is 2.03. The zero-order valence-corrected chi connectivity index (χ0v) is 6.27. The molecule has 0 aliphatic heterocycles. The number of hydrogen-bond acceptors (Lipinski definition) is 2. The lowest BCUT2D eigenvalue weighted by atomic mass is 10.4. The summed E-state index contributed by atoms with van der Waals surface area (Å²) in [6, 6.07) is 0.526. The molecule has 0 aromatic heterocycles. The fourth-order valence-corrected chi connectivity index (χ4v) is 1.18. The van der Waals surface area contributed by atoms with Gasteiger partial charge >= 0.3 is 0 Å². The van der Waals surface area contributed by atoms with Crippen LogP contribution in [0.5, 0.6) is 0 Å². The molecule has 0 radical (unpaired) electrons. The van der Waals surface area contributed by atoms with E-state index in [1.165, 1.54) is 0 Å². The van der Waals surface area contributed by atoms with Crippen molar-refractivity contribution in [2.45, 2.75) is 6.04 Å². The molecule has 0 amide bonds. The molecule has 0 spiro atoms. The Morgan fingerprint density at radius 1 is 1.86 bits per heavy atom. The average Bonchev–Trinajstić information content (AvgIpc) is 1.68. The van der Waals surface area contributed by atoms with Crippen LogP contribution in [0.15, 0.2) is 0 Å². The Bertz CT molecular complexity index is 40.7. The van der Waals surface area contributed by atoms with Gasteiger partial charge < -0.3 is 5.73 Å². The molecule has 44 valence electrons. The SMILES string of the molecule is CSCC([NH3+])CS. The first-order chi connectivity index (χ1) is 3.31. The minimum absolute atomic E-state index is 0.526. The third kappa shape index (κ3) is 4.51. The molecule has 0 aromatic rings. The van der Waals surface area contributed by atoms with Crippen LogP contribution >= 0.6 is 24.4 Å². The van der Waals surface area contributed by atoms with E-state index < -0.39 is 0 Å². The molecule has 0 aromatic carbocycles. The minimum Gasteiger partial charge on any atom is -0.354 e. The van der Waals surface area contributed by atoms with E-state index in [-0.39, 0.29) is 0 Å². The maximum atomic E-state index is 4.07. The van der Waals surface area contributed by atoms with Gasteiger partial charge in [-0.3, -0.25) is 0 Å². The molecule has 0 rings (SSSR count). The number of thioether (sulfide) groups is 1. The van der Waals surface area contributed by atoms with Gasteiger partial charge in [0.2, 0.25) is 0 Å². The van der Waals surface area contributed by atoms with Crippen LogP contribution in [0.2, 0.25) is 0 Å². The maximum absolute atomic E-state index is 4.07. The highest BCUT2D eigenvalue weighted by Gasteiger charge is 1.98. The van der Waals surface area contributed by atoms with Crippen molar-refractivity contribution in [3.63, 3.8) is 0 Å². The molecular weight excluding hydrogens is 126 g/mol. The Balaban J connectivity index is 2.83. The second-order valence-corrected chi connectivity index (χ2v) is 2.78. The van der Waals surface area contributed by atoms with E-state index in [9.17, 15) is 0 Å². The molecule has 0 aliphatic rings. The Morgan fingerprint density at radius 2 is 2.43 bits per heavy atom. The van der Waals surface area contributed by atoms with Crippen molar-refractivity contribution in [3.05, 3.63) is 0 Å². The fraction of sp³-hybridized carbons (Fsp3) is 1.00. The normalized spacial score (nSPS) is 14.1. The first kappa shape index (κ1) is 7.66. The Morgan fingerprint density at radius 3 is 2.57 bits per heavy atom. The number of rotatable bonds is 3. The molecule has 0 saturated heterocycles. The smallest absolute Gasteiger partial charge is 0.102 e. The van der Waals surface area contributed by atoms with Crippen LogP contribution < -0.4 is 5.73 Å². The van der Waals surface area contributed by atoms with Gasteiger partial charge in [0.05, 0.1) is 0 Å². The topological polar surface area (TPSA) is 27.6 Å². The van der Waals surface area contributed by atoms with Crippen LogP contribution in [0.1, 0.15) is 0 Å². The zero-order valence-electron chi connectivity index (χ0n) is 4.55. The summed E-state index contributed by atoms with van der Waals surface area (Å²) in [7, 11) is 0. The maximum Gasteiger partial charge on any atom is 0.102 e. The molecule has 0 aliphatic carbocycles. The van der Waals surface area contributed by atoms with Crippen LogP contribution in [0, 0.1) is 0 Å². The third-order valence-electron chi connectivity index (χ3n) is 0.661. The van der Waals surface area contributed by atoms with Gasteiger partial charge in [0, 0.05) is 11.5 Å². The summed E-state index contributed by atoms with van der Waals surface area (Å²) in [6.07, 6.45) is 2.08. The Labute approximate surface area is 54.5 Å². The molecule has 1 unspecified atom stereocenters. The second-order valence-electron chi connectivity index (χ2n) is 1.50. The lowest BCUT2D eigenvalue weighted by molar-refractivity contribution is -0.404. The summed E-state index contributed by atoms with van der Waals surface area (Å²) in [5, 5.41) is 0. The van der Waals surface area contributed by atoms with Gasteiger partial charge in [0.15, 0.2) is 0 Å². The van der Waals surface area contributed by atoms with Gasteiger partial charge in [-0.2, -0.15) is 24.4 Å². The highest BCUT2D eigenvalue weighted by Crippen LogP contribution is 1.93. The lowest BCUT2D eigenvalue weighted by Gasteiger charge is -1.98. The van der Waals surface area contributed by atoms with Crippen molar-refractivity contribution in [1.29, 1.82) is 0 Å². The first-order valence-electron chi connectivity index (χ1n) is 2.24. The highest BCUT2D eigenvalue weighted by molar-refractivity contribution is 7.98. The van der Waals surface area contributed by atoms with E-state index in [2.05, 4.69) is 24.6 Å². The van der Waals surface area contributed by atoms with Crippen molar-refractivity contribution in [2.24, 2.45) is 0 Å². The van der Waals surface area contributed by atoms with E-state index in [1.807, 2.05) is 11.8 Å². The van der Waals surface area contributed by atoms with Gasteiger partial charge in [0.25, 0.3) is 0 Å². The van der Waals surface area contributed by atoms with Crippen LogP contribution in [0.4, 0.5) is 0 Å². The first-order valence-corrected chi connectivity index (χ1v) is 4.26. The molecule has 3 N–H and O–H groups in total. The molecule has 7 heavy (non-hydrogen) atoms. The standard InChI is InChI=1S/C4H11NS2/c1-7-3-4(5)2-6/h4,6H,2-3,5H2,1H3/p+1. The zero-order chi connectivity index (χ0) is 5.70. The molecule has 0 saturated carbocycles. The number of hydrogen-bond donors (Lipinski definition) is 2. The van der Waals surface area contributed by atoms with Gasteiger partial charge in [-0.25, -0.2) is 0 Å². The Hall–Kier alpha value is 0.660. The van der Waals surface area contributed by atoms with Crippen LogP contribution in [0.25, 0.3) is 0 Å². The van der Waals surface area contributed by atoms with E-state index in [4.69, 9.17) is 0 Å². The Kier molecular flexibility index (Phi) is 5.26. The number of thiol groups is 1. The second kappa shape index (κ2) is 4.81. The van der Waals surface area contributed by atoms with Crippen LogP contribution in [-0.2, 0) is 0 Å². The predicted octanol–water partition coefficient (Wildman–Crippen LogP) is -0.110. The van der Waals surface area contributed by atoms with Gasteiger partial charge in [-0.05, 0) is 6.26 Å². The lowest BCUT2D eigenvalue weighted by Crippen LogP contribution is -2.63. The quantitative estimate of drug-likeness (QED) is 0.523. The van der Waals surface area contributed by atoms with Crippen molar-refractivity contribution >= 4 is 24.4 Å². The molecule has 0 heterocycles. The van der Waals surface area contributed by atoms with Crippen molar-refractivity contribution in [1.82, 2.24) is 0 Å². The highest BCUT2D eigenvalue weighted by atomic mass is 32.2. The average molecular weight is 138 g/mol. The number of quaternary nitrogens is 1. The van der Waals surface area contributed by atoms with Crippen molar-refractivity contribution < 1.29 is 5.73 Å². The van der Waals surface area contributed by atoms with Crippen LogP contribution in [0.3, 0.4) is 0 Å². The molecule has 1 nitrogen and oxygen atoms in total. The monoisotopic (exact) mass is 138 g/mol. The van der Waals surface area contributed by atoms with Crippen LogP contribution in [-0.4, -0.2) is 23.8 Å². The van der Waals surface area contributed by atoms with E-state index in [1.54, 1.807) is 0 Å². The predicted molar refractivity (Wildman–Crippen MR) is 38.9 cm³/mol. The van der Waals surface area contributed by atoms with Crippen molar-refractivity contribution in [3.8, 4) is 0 Å². The summed E-state index contributed by atoms with van der Waals surface area (Å²) < 4.78 is 0. The third-order valence-corrected chi connectivity index (χ3v) is 1.98. The largest absolute Gasteiger partial charge is 0.354 e. The summed E-state index contributed by atoms with van der Waals surface area (Å²) >= 11 is 5.90. The van der Waals surface area contributed by atoms with Gasteiger partial charge in [0.1, 0.15) is 6.04 Å². The summed E-state index contributed by atoms with van der Waals surface area (Å²) in [6.45, 7) is 0. The van der Waals surface area contributed by atoms with Gasteiger partial charge in [-0.15, -0.1) is 0 Å². The van der Waals surface area contributed by atoms with E-state index >= 15 is 0 Å². The molecule has 0 bridgehead atoms. The van der Waals surface area contributed by atoms with E-state index in [0.717, 1.165) is 11.5 Å². The van der Waals surface area contributed by atoms with Crippen molar-refractivity contribution in [2.75, 3.05) is 17.8 Å². The molecule has 3 heteroatoms. The summed E-state index contributed by atoms with van der Waals surface area (Å²) in [5.41, 5.74) is 3.85.